The topological polar surface area (TPSA) is 54.9 Å². The van der Waals surface area contributed by atoms with Gasteiger partial charge in [0.2, 0.25) is 11.0 Å². The molecule has 3 aromatic rings. The third-order valence-corrected chi connectivity index (χ3v) is 6.56. The normalized spacial score (nSPS) is 23.8. The Morgan fingerprint density at radius 2 is 1.96 bits per heavy atom. The van der Waals surface area contributed by atoms with Crippen molar-refractivity contribution < 1.29 is 4.79 Å². The van der Waals surface area contributed by atoms with E-state index in [0.29, 0.717) is 11.0 Å². The third-order valence-electron chi connectivity index (χ3n) is 5.96. The molecule has 1 N–H and O–H groups in total. The van der Waals surface area contributed by atoms with Crippen molar-refractivity contribution in [1.29, 1.82) is 0 Å². The minimum absolute atomic E-state index is 0.0114. The maximum Gasteiger partial charge on any atom is 0.233 e. The molecule has 0 saturated heterocycles. The van der Waals surface area contributed by atoms with Gasteiger partial charge in [0.05, 0.1) is 5.41 Å². The lowest BCUT2D eigenvalue weighted by Gasteiger charge is -2.31. The van der Waals surface area contributed by atoms with E-state index in [1.807, 2.05) is 6.07 Å². The lowest BCUT2D eigenvalue weighted by Crippen LogP contribution is -2.37. The second kappa shape index (κ2) is 6.27. The van der Waals surface area contributed by atoms with E-state index in [1.165, 1.54) is 46.4 Å². The quantitative estimate of drug-likeness (QED) is 0.716. The van der Waals surface area contributed by atoms with Crippen molar-refractivity contribution in [3.8, 4) is 0 Å². The molecule has 0 unspecified atom stereocenters. The number of anilines is 1. The number of aromatic nitrogens is 2. The molecule has 2 aliphatic carbocycles. The number of nitrogens with zero attached hydrogens (tertiary/aromatic N) is 2. The Kier molecular flexibility index (Phi) is 3.86. The first-order valence-corrected chi connectivity index (χ1v) is 10.3. The Hall–Kier alpha value is -2.53. The van der Waals surface area contributed by atoms with E-state index in [-0.39, 0.29) is 11.8 Å². The fourth-order valence-corrected chi connectivity index (χ4v) is 4.87. The van der Waals surface area contributed by atoms with E-state index in [0.717, 1.165) is 6.42 Å². The average Bonchev–Trinajstić information content (AvgIpc) is 3.32. The smallest absolute Gasteiger partial charge is 0.233 e. The molecule has 2 aliphatic rings. The summed E-state index contributed by atoms with van der Waals surface area (Å²) in [6.45, 7) is 2.08. The lowest BCUT2D eigenvalue weighted by molar-refractivity contribution is -0.125. The summed E-state index contributed by atoms with van der Waals surface area (Å²) in [5, 5.41) is 11.4. The number of carbonyl (C=O) groups is 1. The van der Waals surface area contributed by atoms with Crippen LogP contribution in [0, 0.1) is 5.41 Å². The lowest BCUT2D eigenvalue weighted by atomic mass is 9.73. The van der Waals surface area contributed by atoms with Crippen molar-refractivity contribution in [3.05, 3.63) is 76.3 Å². The monoisotopic (exact) mass is 375 g/mol. The van der Waals surface area contributed by atoms with Crippen LogP contribution >= 0.6 is 11.3 Å². The summed E-state index contributed by atoms with van der Waals surface area (Å²) >= 11 is 1.35. The number of amides is 1. The summed E-state index contributed by atoms with van der Waals surface area (Å²) < 4.78 is 0. The molecule has 1 heterocycles. The number of benzene rings is 2. The highest BCUT2D eigenvalue weighted by atomic mass is 32.1. The van der Waals surface area contributed by atoms with Crippen molar-refractivity contribution in [2.75, 3.05) is 5.32 Å². The number of hydrogen-bond donors (Lipinski definition) is 1. The van der Waals surface area contributed by atoms with Gasteiger partial charge in [0.15, 0.2) is 0 Å². The van der Waals surface area contributed by atoms with Crippen LogP contribution in [0.15, 0.2) is 54.0 Å². The van der Waals surface area contributed by atoms with Crippen molar-refractivity contribution >= 4 is 22.4 Å². The molecule has 1 amide bonds. The van der Waals surface area contributed by atoms with Crippen molar-refractivity contribution in [1.82, 2.24) is 10.2 Å². The number of carbonyl (C=O) groups excluding carboxylic acids is 1. The van der Waals surface area contributed by atoms with E-state index in [2.05, 4.69) is 64.9 Å². The van der Waals surface area contributed by atoms with Crippen LogP contribution in [0.3, 0.4) is 0 Å². The molecule has 0 bridgehead atoms. The van der Waals surface area contributed by atoms with Gasteiger partial charge in [0.1, 0.15) is 5.51 Å². The largest absolute Gasteiger partial charge is 0.300 e. The van der Waals surface area contributed by atoms with Crippen LogP contribution in [0.4, 0.5) is 5.13 Å². The van der Waals surface area contributed by atoms with Gasteiger partial charge in [-0.1, -0.05) is 59.9 Å². The molecule has 5 heteroatoms. The van der Waals surface area contributed by atoms with Gasteiger partial charge in [-0.05, 0) is 54.4 Å². The van der Waals surface area contributed by atoms with E-state index in [9.17, 15) is 4.79 Å². The molecular weight excluding hydrogens is 354 g/mol. The summed E-state index contributed by atoms with van der Waals surface area (Å²) in [4.78, 5) is 13.3. The molecule has 0 aliphatic heterocycles. The van der Waals surface area contributed by atoms with Crippen molar-refractivity contribution in [2.45, 2.75) is 38.0 Å². The van der Waals surface area contributed by atoms with Crippen LogP contribution in [0.2, 0.25) is 0 Å². The summed E-state index contributed by atoms with van der Waals surface area (Å²) in [5.74, 6) is 0.756. The summed E-state index contributed by atoms with van der Waals surface area (Å²) in [5.41, 5.74) is 6.28. The second-order valence-corrected chi connectivity index (χ2v) is 8.70. The van der Waals surface area contributed by atoms with Gasteiger partial charge in [-0.3, -0.25) is 4.79 Å². The molecule has 1 fully saturated rings. The minimum atomic E-state index is -0.558. The molecule has 136 valence electrons. The van der Waals surface area contributed by atoms with E-state index in [1.54, 1.807) is 5.51 Å². The SMILES string of the molecule is C[C@]1(C(=O)Nc2nncs2)Cc2ccc(C3CC3)cc2[C@H]1c1ccccc1. The Morgan fingerprint density at radius 1 is 1.15 bits per heavy atom. The second-order valence-electron chi connectivity index (χ2n) is 7.87. The highest BCUT2D eigenvalue weighted by Gasteiger charge is 2.49. The summed E-state index contributed by atoms with van der Waals surface area (Å²) in [7, 11) is 0. The highest BCUT2D eigenvalue weighted by Crippen LogP contribution is 2.53. The molecular formula is C22H21N3OS. The zero-order chi connectivity index (χ0) is 18.4. The Bertz CT molecular complexity index is 982. The first kappa shape index (κ1) is 16.6. The molecule has 0 radical (unpaired) electrons. The van der Waals surface area contributed by atoms with Gasteiger partial charge in [-0.2, -0.15) is 0 Å². The number of nitrogens with one attached hydrogen (secondary N) is 1. The summed E-state index contributed by atoms with van der Waals surface area (Å²) in [6.07, 6.45) is 3.30. The van der Waals surface area contributed by atoms with Crippen LogP contribution in [0.5, 0.6) is 0 Å². The standard InChI is InChI=1S/C22H21N3OS/c1-22(20(26)24-21-25-23-13-27-21)12-17-10-9-16(14-7-8-14)11-18(17)19(22)15-5-3-2-4-6-15/h2-6,9-11,13-14,19H,7-8,12H2,1H3,(H,24,25,26)/t19-,22+/m1/s1. The molecule has 2 aromatic carbocycles. The maximum absolute atomic E-state index is 13.3. The maximum atomic E-state index is 13.3. The molecule has 1 saturated carbocycles. The van der Waals surface area contributed by atoms with E-state index < -0.39 is 5.41 Å². The molecule has 27 heavy (non-hydrogen) atoms. The zero-order valence-corrected chi connectivity index (χ0v) is 16.0. The van der Waals surface area contributed by atoms with Crippen LogP contribution < -0.4 is 5.32 Å². The average molecular weight is 375 g/mol. The van der Waals surface area contributed by atoms with Gasteiger partial charge in [0.25, 0.3) is 0 Å². The van der Waals surface area contributed by atoms with Crippen molar-refractivity contribution in [2.24, 2.45) is 5.41 Å². The van der Waals surface area contributed by atoms with Gasteiger partial charge < -0.3 is 5.32 Å². The number of hydrogen-bond acceptors (Lipinski definition) is 4. The molecule has 5 rings (SSSR count). The van der Waals surface area contributed by atoms with Crippen LogP contribution in [-0.4, -0.2) is 16.1 Å². The van der Waals surface area contributed by atoms with Crippen molar-refractivity contribution in [3.63, 3.8) is 0 Å². The Balaban J connectivity index is 1.58. The van der Waals surface area contributed by atoms with Crippen LogP contribution in [0.1, 0.15) is 53.9 Å². The minimum Gasteiger partial charge on any atom is -0.300 e. The fourth-order valence-electron chi connectivity index (χ4n) is 4.43. The van der Waals surface area contributed by atoms with E-state index in [4.69, 9.17) is 0 Å². The molecule has 1 aromatic heterocycles. The predicted molar refractivity (Wildman–Crippen MR) is 107 cm³/mol. The first-order valence-electron chi connectivity index (χ1n) is 9.40. The van der Waals surface area contributed by atoms with E-state index >= 15 is 0 Å². The zero-order valence-electron chi connectivity index (χ0n) is 15.2. The van der Waals surface area contributed by atoms with Crippen LogP contribution in [0.25, 0.3) is 0 Å². The van der Waals surface area contributed by atoms with Gasteiger partial charge in [-0.15, -0.1) is 10.2 Å². The predicted octanol–water partition coefficient (Wildman–Crippen LogP) is 4.75. The van der Waals surface area contributed by atoms with Gasteiger partial charge in [0, 0.05) is 5.92 Å². The first-order chi connectivity index (χ1) is 13.1. The molecule has 4 nitrogen and oxygen atoms in total. The molecule has 0 spiro atoms. The highest BCUT2D eigenvalue weighted by molar-refractivity contribution is 7.13. The molecule has 2 atom stereocenters. The number of fused-ring (bicyclic) bond motifs is 1. The van der Waals surface area contributed by atoms with Crippen LogP contribution in [-0.2, 0) is 11.2 Å². The Labute approximate surface area is 162 Å². The summed E-state index contributed by atoms with van der Waals surface area (Å²) in [6, 6.07) is 17.3. The van der Waals surface area contributed by atoms with Gasteiger partial charge >= 0.3 is 0 Å². The third kappa shape index (κ3) is 2.86. The Morgan fingerprint density at radius 3 is 2.67 bits per heavy atom. The van der Waals surface area contributed by atoms with Gasteiger partial charge in [-0.25, -0.2) is 0 Å². The number of rotatable bonds is 4. The fraction of sp³-hybridized carbons (Fsp3) is 0.318.